The van der Waals surface area contributed by atoms with Crippen LogP contribution in [0.15, 0.2) is 24.3 Å². The summed E-state index contributed by atoms with van der Waals surface area (Å²) in [6.07, 6.45) is 2.97. The molecule has 1 aromatic carbocycles. The molecule has 2 fully saturated rings. The fourth-order valence-electron chi connectivity index (χ4n) is 3.56. The van der Waals surface area contributed by atoms with E-state index in [1.54, 1.807) is 0 Å². The minimum absolute atomic E-state index is 0.00706. The van der Waals surface area contributed by atoms with Gasteiger partial charge in [-0.2, -0.15) is 0 Å². The van der Waals surface area contributed by atoms with Crippen LogP contribution in [0, 0.1) is 5.92 Å². The van der Waals surface area contributed by atoms with Crippen molar-refractivity contribution in [2.45, 2.75) is 31.8 Å². The minimum atomic E-state index is 0.00706. The topological polar surface area (TPSA) is 58.8 Å². The minimum Gasteiger partial charge on any atom is -0.378 e. The summed E-state index contributed by atoms with van der Waals surface area (Å²) >= 11 is 0. The van der Waals surface area contributed by atoms with Gasteiger partial charge in [0.15, 0.2) is 0 Å². The SMILES string of the molecule is CN(Cc1ccc(N2CCOCC2)cc1)C(=O)[C@H]1CCC[C@H]1N. The summed E-state index contributed by atoms with van der Waals surface area (Å²) in [4.78, 5) is 16.7. The van der Waals surface area contributed by atoms with Crippen LogP contribution in [0.1, 0.15) is 24.8 Å². The Morgan fingerprint density at radius 2 is 1.96 bits per heavy atom. The van der Waals surface area contributed by atoms with Crippen LogP contribution in [-0.4, -0.2) is 50.2 Å². The highest BCUT2D eigenvalue weighted by atomic mass is 16.5. The molecule has 0 aromatic heterocycles. The van der Waals surface area contributed by atoms with Crippen LogP contribution in [0.2, 0.25) is 0 Å². The molecular weight excluding hydrogens is 290 g/mol. The zero-order valence-corrected chi connectivity index (χ0v) is 13.9. The van der Waals surface area contributed by atoms with Gasteiger partial charge in [-0.05, 0) is 30.5 Å². The van der Waals surface area contributed by atoms with Gasteiger partial charge < -0.3 is 20.3 Å². The van der Waals surface area contributed by atoms with Crippen molar-refractivity contribution >= 4 is 11.6 Å². The Kier molecular flexibility index (Phi) is 5.18. The van der Waals surface area contributed by atoms with Gasteiger partial charge in [-0.3, -0.25) is 4.79 Å². The smallest absolute Gasteiger partial charge is 0.227 e. The third kappa shape index (κ3) is 3.85. The first-order chi connectivity index (χ1) is 11.1. The molecule has 3 rings (SSSR count). The molecule has 2 atom stereocenters. The number of ether oxygens (including phenoxy) is 1. The van der Waals surface area contributed by atoms with E-state index in [0.717, 1.165) is 51.1 Å². The molecule has 1 aliphatic carbocycles. The maximum atomic E-state index is 12.5. The van der Waals surface area contributed by atoms with Crippen LogP contribution in [0.5, 0.6) is 0 Å². The first-order valence-electron chi connectivity index (χ1n) is 8.57. The molecule has 5 heteroatoms. The largest absolute Gasteiger partial charge is 0.378 e. The van der Waals surface area contributed by atoms with Crippen molar-refractivity contribution in [2.24, 2.45) is 11.7 Å². The second kappa shape index (κ2) is 7.32. The number of rotatable bonds is 4. The van der Waals surface area contributed by atoms with Crippen molar-refractivity contribution in [2.75, 3.05) is 38.3 Å². The van der Waals surface area contributed by atoms with Gasteiger partial charge in [0.25, 0.3) is 0 Å². The second-order valence-electron chi connectivity index (χ2n) is 6.66. The van der Waals surface area contributed by atoms with E-state index in [9.17, 15) is 4.79 Å². The third-order valence-corrected chi connectivity index (χ3v) is 5.00. The van der Waals surface area contributed by atoms with Gasteiger partial charge in [0.05, 0.1) is 19.1 Å². The fraction of sp³-hybridized carbons (Fsp3) is 0.611. The summed E-state index contributed by atoms with van der Waals surface area (Å²) in [5.74, 6) is 0.194. The van der Waals surface area contributed by atoms with Gasteiger partial charge >= 0.3 is 0 Å². The van der Waals surface area contributed by atoms with E-state index in [2.05, 4.69) is 29.2 Å². The fourth-order valence-corrected chi connectivity index (χ4v) is 3.56. The van der Waals surface area contributed by atoms with Crippen molar-refractivity contribution in [3.8, 4) is 0 Å². The number of carbonyl (C=O) groups is 1. The Morgan fingerprint density at radius 3 is 2.57 bits per heavy atom. The van der Waals surface area contributed by atoms with E-state index >= 15 is 0 Å². The average molecular weight is 317 g/mol. The molecule has 2 aliphatic rings. The standard InChI is InChI=1S/C18H27N3O2/c1-20(18(22)16-3-2-4-17(16)19)13-14-5-7-15(8-6-14)21-9-11-23-12-10-21/h5-8,16-17H,2-4,9-13,19H2,1H3/t16-,17+/m0/s1. The van der Waals surface area contributed by atoms with Crippen molar-refractivity contribution < 1.29 is 9.53 Å². The summed E-state index contributed by atoms with van der Waals surface area (Å²) in [6.45, 7) is 4.11. The molecule has 23 heavy (non-hydrogen) atoms. The number of hydrogen-bond donors (Lipinski definition) is 1. The van der Waals surface area contributed by atoms with E-state index < -0.39 is 0 Å². The highest BCUT2D eigenvalue weighted by Crippen LogP contribution is 2.26. The van der Waals surface area contributed by atoms with Crippen molar-refractivity contribution in [3.05, 3.63) is 29.8 Å². The molecule has 0 bridgehead atoms. The first kappa shape index (κ1) is 16.3. The summed E-state index contributed by atoms with van der Waals surface area (Å²) in [6, 6.07) is 8.54. The van der Waals surface area contributed by atoms with E-state index in [1.165, 1.54) is 5.69 Å². The molecule has 1 aromatic rings. The molecular formula is C18H27N3O2. The molecule has 1 saturated carbocycles. The van der Waals surface area contributed by atoms with Crippen molar-refractivity contribution in [1.29, 1.82) is 0 Å². The van der Waals surface area contributed by atoms with Crippen LogP contribution >= 0.6 is 0 Å². The second-order valence-corrected chi connectivity index (χ2v) is 6.66. The van der Waals surface area contributed by atoms with Gasteiger partial charge in [-0.25, -0.2) is 0 Å². The van der Waals surface area contributed by atoms with Crippen LogP contribution < -0.4 is 10.6 Å². The van der Waals surface area contributed by atoms with Crippen LogP contribution in [0.25, 0.3) is 0 Å². The number of morpholine rings is 1. The maximum absolute atomic E-state index is 12.5. The molecule has 1 heterocycles. The molecule has 5 nitrogen and oxygen atoms in total. The molecule has 1 amide bonds. The predicted molar refractivity (Wildman–Crippen MR) is 91.3 cm³/mol. The summed E-state index contributed by atoms with van der Waals surface area (Å²) in [5, 5.41) is 0. The lowest BCUT2D eigenvalue weighted by Crippen LogP contribution is -2.39. The monoisotopic (exact) mass is 317 g/mol. The number of carbonyl (C=O) groups excluding carboxylic acids is 1. The normalized spacial score (nSPS) is 24.7. The lowest BCUT2D eigenvalue weighted by Gasteiger charge is -2.29. The molecule has 1 saturated heterocycles. The van der Waals surface area contributed by atoms with Crippen LogP contribution in [0.3, 0.4) is 0 Å². The van der Waals surface area contributed by atoms with Gasteiger partial charge in [0.1, 0.15) is 0 Å². The molecule has 0 spiro atoms. The lowest BCUT2D eigenvalue weighted by molar-refractivity contribution is -0.134. The molecule has 0 radical (unpaired) electrons. The third-order valence-electron chi connectivity index (χ3n) is 5.00. The van der Waals surface area contributed by atoms with E-state index in [1.807, 2.05) is 11.9 Å². The Balaban J connectivity index is 1.58. The van der Waals surface area contributed by atoms with E-state index in [0.29, 0.717) is 6.54 Å². The Hall–Kier alpha value is -1.59. The highest BCUT2D eigenvalue weighted by Gasteiger charge is 2.32. The van der Waals surface area contributed by atoms with Gasteiger partial charge in [-0.15, -0.1) is 0 Å². The summed E-state index contributed by atoms with van der Waals surface area (Å²) in [5.41, 5.74) is 8.43. The number of hydrogen-bond acceptors (Lipinski definition) is 4. The van der Waals surface area contributed by atoms with Crippen LogP contribution in [-0.2, 0) is 16.1 Å². The Morgan fingerprint density at radius 1 is 1.26 bits per heavy atom. The zero-order chi connectivity index (χ0) is 16.2. The summed E-state index contributed by atoms with van der Waals surface area (Å²) < 4.78 is 5.39. The van der Waals surface area contributed by atoms with Crippen LogP contribution in [0.4, 0.5) is 5.69 Å². The average Bonchev–Trinajstić information content (AvgIpc) is 3.01. The first-order valence-corrected chi connectivity index (χ1v) is 8.57. The van der Waals surface area contributed by atoms with Crippen molar-refractivity contribution in [3.63, 3.8) is 0 Å². The predicted octanol–water partition coefficient (Wildman–Crippen LogP) is 1.61. The van der Waals surface area contributed by atoms with Gasteiger partial charge in [-0.1, -0.05) is 18.6 Å². The Bertz CT molecular complexity index is 526. The maximum Gasteiger partial charge on any atom is 0.227 e. The highest BCUT2D eigenvalue weighted by molar-refractivity contribution is 5.79. The lowest BCUT2D eigenvalue weighted by atomic mass is 10.0. The van der Waals surface area contributed by atoms with Gasteiger partial charge in [0.2, 0.25) is 5.91 Å². The number of anilines is 1. The van der Waals surface area contributed by atoms with Crippen molar-refractivity contribution in [1.82, 2.24) is 4.90 Å². The number of nitrogens with two attached hydrogens (primary N) is 1. The number of benzene rings is 1. The Labute approximate surface area is 138 Å². The number of amides is 1. The zero-order valence-electron chi connectivity index (χ0n) is 13.9. The molecule has 1 aliphatic heterocycles. The molecule has 2 N–H and O–H groups in total. The quantitative estimate of drug-likeness (QED) is 0.916. The summed E-state index contributed by atoms with van der Waals surface area (Å²) in [7, 11) is 1.88. The van der Waals surface area contributed by atoms with E-state index in [4.69, 9.17) is 10.5 Å². The van der Waals surface area contributed by atoms with E-state index in [-0.39, 0.29) is 17.9 Å². The number of nitrogens with zero attached hydrogens (tertiary/aromatic N) is 2. The molecule has 126 valence electrons. The van der Waals surface area contributed by atoms with Gasteiger partial charge in [0, 0.05) is 38.4 Å². The molecule has 0 unspecified atom stereocenters.